The summed E-state index contributed by atoms with van der Waals surface area (Å²) in [6.45, 7) is 3.94. The third kappa shape index (κ3) is 3.15. The lowest BCUT2D eigenvalue weighted by molar-refractivity contribution is -0.137. The Kier molecular flexibility index (Phi) is 4.36. The first-order valence-electron chi connectivity index (χ1n) is 7.97. The molecule has 0 spiro atoms. The highest BCUT2D eigenvalue weighted by Gasteiger charge is 2.33. The van der Waals surface area contributed by atoms with Crippen molar-refractivity contribution in [2.75, 3.05) is 10.4 Å². The minimum Gasteiger partial charge on any atom is -0.422 e. The van der Waals surface area contributed by atoms with Gasteiger partial charge in [0.25, 0.3) is 5.56 Å². The van der Waals surface area contributed by atoms with E-state index in [1.165, 1.54) is 0 Å². The molecular weight excluding hydrogens is 339 g/mol. The van der Waals surface area contributed by atoms with E-state index >= 15 is 0 Å². The summed E-state index contributed by atoms with van der Waals surface area (Å²) in [4.78, 5) is 18.0. The van der Waals surface area contributed by atoms with Crippen molar-refractivity contribution >= 4 is 22.7 Å². The molecule has 0 bridgehead atoms. The molecule has 1 saturated heterocycles. The summed E-state index contributed by atoms with van der Waals surface area (Å²) in [6, 6.07) is 1.59. The van der Waals surface area contributed by atoms with Crippen LogP contribution in [0.5, 0.6) is 0 Å². The van der Waals surface area contributed by atoms with Gasteiger partial charge in [-0.25, -0.2) is 0 Å². The molecule has 0 unspecified atom stereocenters. The van der Waals surface area contributed by atoms with E-state index in [1.807, 2.05) is 18.7 Å². The minimum atomic E-state index is -4.67. The molecule has 0 saturated carbocycles. The molecule has 1 aliphatic heterocycles. The molecule has 0 amide bonds. The van der Waals surface area contributed by atoms with E-state index < -0.39 is 17.3 Å². The van der Waals surface area contributed by atoms with E-state index in [4.69, 9.17) is 4.42 Å². The molecule has 3 rings (SSSR count). The van der Waals surface area contributed by atoms with Gasteiger partial charge in [0.15, 0.2) is 5.58 Å². The van der Waals surface area contributed by atoms with Gasteiger partial charge in [0.05, 0.1) is 10.9 Å². The topological polar surface area (TPSA) is 78.6 Å². The zero-order valence-electron chi connectivity index (χ0n) is 13.7. The number of fused-ring (bicyclic) bond motifs is 1. The van der Waals surface area contributed by atoms with E-state index in [1.54, 1.807) is 5.48 Å². The molecule has 9 heteroatoms. The predicted octanol–water partition coefficient (Wildman–Crippen LogP) is 3.78. The third-order valence-corrected chi connectivity index (χ3v) is 4.57. The number of nitrogens with one attached hydrogen (secondary N) is 1. The van der Waals surface area contributed by atoms with Gasteiger partial charge in [-0.3, -0.25) is 15.5 Å². The third-order valence-electron chi connectivity index (χ3n) is 4.57. The number of halogens is 3. The van der Waals surface area contributed by atoms with Gasteiger partial charge in [0, 0.05) is 12.1 Å². The van der Waals surface area contributed by atoms with Crippen LogP contribution in [0.25, 0.3) is 11.0 Å². The summed E-state index contributed by atoms with van der Waals surface area (Å²) >= 11 is 0. The van der Waals surface area contributed by atoms with Crippen molar-refractivity contribution in [1.82, 2.24) is 4.98 Å². The van der Waals surface area contributed by atoms with Crippen LogP contribution in [0.2, 0.25) is 0 Å². The highest BCUT2D eigenvalue weighted by molar-refractivity contribution is 5.89. The maximum absolute atomic E-state index is 13.0. The summed E-state index contributed by atoms with van der Waals surface area (Å²) in [6.07, 6.45) is -1.84. The minimum absolute atomic E-state index is 0.0495. The van der Waals surface area contributed by atoms with Crippen molar-refractivity contribution in [3.05, 3.63) is 28.0 Å². The fourth-order valence-corrected chi connectivity index (χ4v) is 3.31. The standard InChI is InChI=1S/C16H18F3N3O3/c1-8-4-3-5-9(2)22(8)15-20-14(23)11-6-10(16(17,18)19)7-12(21-24)13(11)25-15/h6-9,21,24H,3-5H2,1-2H3/t8-,9+. The lowest BCUT2D eigenvalue weighted by atomic mass is 9.98. The van der Waals surface area contributed by atoms with Crippen molar-refractivity contribution in [3.63, 3.8) is 0 Å². The molecule has 136 valence electrons. The Morgan fingerprint density at radius 1 is 1.28 bits per heavy atom. The number of aromatic nitrogens is 1. The molecule has 1 fully saturated rings. The number of nitrogens with zero attached hydrogens (tertiary/aromatic N) is 2. The summed E-state index contributed by atoms with van der Waals surface area (Å²) in [5, 5.41) is 8.87. The lowest BCUT2D eigenvalue weighted by Gasteiger charge is -2.38. The van der Waals surface area contributed by atoms with Gasteiger partial charge in [-0.15, -0.1) is 0 Å². The number of hydrogen-bond acceptors (Lipinski definition) is 6. The molecule has 25 heavy (non-hydrogen) atoms. The Labute approximate surface area is 141 Å². The Morgan fingerprint density at radius 3 is 2.48 bits per heavy atom. The molecular formula is C16H18F3N3O3. The summed E-state index contributed by atoms with van der Waals surface area (Å²) in [5.41, 5.74) is -0.705. The number of piperidine rings is 1. The highest BCUT2D eigenvalue weighted by Crippen LogP contribution is 2.36. The van der Waals surface area contributed by atoms with Crippen LogP contribution in [0.15, 0.2) is 21.3 Å². The molecule has 0 aliphatic carbocycles. The Balaban J connectivity index is 2.21. The molecule has 1 aromatic carbocycles. The van der Waals surface area contributed by atoms with Gasteiger partial charge >= 0.3 is 12.2 Å². The highest BCUT2D eigenvalue weighted by atomic mass is 19.4. The number of hydrogen-bond donors (Lipinski definition) is 2. The zero-order valence-corrected chi connectivity index (χ0v) is 13.7. The smallest absolute Gasteiger partial charge is 0.416 e. The van der Waals surface area contributed by atoms with Crippen LogP contribution in [-0.4, -0.2) is 22.3 Å². The molecule has 2 atom stereocenters. The van der Waals surface area contributed by atoms with Gasteiger partial charge in [0.1, 0.15) is 5.69 Å². The summed E-state index contributed by atoms with van der Waals surface area (Å²) < 4.78 is 44.5. The number of benzene rings is 1. The molecule has 1 aliphatic rings. The van der Waals surface area contributed by atoms with Crippen LogP contribution in [0.1, 0.15) is 38.7 Å². The van der Waals surface area contributed by atoms with Crippen molar-refractivity contribution in [3.8, 4) is 0 Å². The van der Waals surface area contributed by atoms with Gasteiger partial charge in [0.2, 0.25) is 0 Å². The maximum atomic E-state index is 13.0. The monoisotopic (exact) mass is 357 g/mol. The second-order valence-corrected chi connectivity index (χ2v) is 6.35. The van der Waals surface area contributed by atoms with Gasteiger partial charge in [-0.2, -0.15) is 18.2 Å². The maximum Gasteiger partial charge on any atom is 0.416 e. The van der Waals surface area contributed by atoms with Crippen LogP contribution in [0.4, 0.5) is 24.9 Å². The first-order chi connectivity index (χ1) is 11.7. The average molecular weight is 357 g/mol. The zero-order chi connectivity index (χ0) is 18.4. The predicted molar refractivity (Wildman–Crippen MR) is 85.9 cm³/mol. The van der Waals surface area contributed by atoms with E-state index in [0.717, 1.165) is 19.3 Å². The normalized spacial score (nSPS) is 21.6. The number of anilines is 2. The molecule has 2 aromatic rings. The number of alkyl halides is 3. The summed E-state index contributed by atoms with van der Waals surface area (Å²) in [7, 11) is 0. The average Bonchev–Trinajstić information content (AvgIpc) is 2.53. The quantitative estimate of drug-likeness (QED) is 0.797. The fourth-order valence-electron chi connectivity index (χ4n) is 3.31. The molecule has 1 aromatic heterocycles. The molecule has 2 N–H and O–H groups in total. The van der Waals surface area contributed by atoms with Crippen LogP contribution in [0, 0.1) is 0 Å². The van der Waals surface area contributed by atoms with Crippen LogP contribution < -0.4 is 15.9 Å². The lowest BCUT2D eigenvalue weighted by Crippen LogP contribution is -2.44. The first kappa shape index (κ1) is 17.5. The van der Waals surface area contributed by atoms with E-state index in [0.29, 0.717) is 12.1 Å². The Morgan fingerprint density at radius 2 is 1.92 bits per heavy atom. The SMILES string of the molecule is C[C@@H]1CCC[C@H](C)N1c1nc(=O)c2cc(C(F)(F)F)cc(NO)c2o1. The molecule has 2 heterocycles. The van der Waals surface area contributed by atoms with E-state index in [-0.39, 0.29) is 34.8 Å². The first-order valence-corrected chi connectivity index (χ1v) is 7.97. The van der Waals surface area contributed by atoms with Crippen LogP contribution in [0.3, 0.4) is 0 Å². The molecule has 0 radical (unpaired) electrons. The van der Waals surface area contributed by atoms with E-state index in [9.17, 15) is 23.2 Å². The Hall–Kier alpha value is -2.29. The number of rotatable bonds is 2. The molecule has 6 nitrogen and oxygen atoms in total. The van der Waals surface area contributed by atoms with Crippen LogP contribution >= 0.6 is 0 Å². The van der Waals surface area contributed by atoms with Crippen molar-refractivity contribution < 1.29 is 22.8 Å². The Bertz CT molecular complexity index is 840. The van der Waals surface area contributed by atoms with Gasteiger partial charge in [-0.05, 0) is 45.2 Å². The summed E-state index contributed by atoms with van der Waals surface area (Å²) in [5.74, 6) is 0. The second kappa shape index (κ2) is 6.21. The largest absolute Gasteiger partial charge is 0.422 e. The van der Waals surface area contributed by atoms with E-state index in [2.05, 4.69) is 4.98 Å². The fraction of sp³-hybridized carbons (Fsp3) is 0.500. The van der Waals surface area contributed by atoms with Gasteiger partial charge in [-0.1, -0.05) is 0 Å². The van der Waals surface area contributed by atoms with Gasteiger partial charge < -0.3 is 9.32 Å². The van der Waals surface area contributed by atoms with Crippen molar-refractivity contribution in [2.24, 2.45) is 0 Å². The van der Waals surface area contributed by atoms with Crippen molar-refractivity contribution in [2.45, 2.75) is 51.4 Å². The second-order valence-electron chi connectivity index (χ2n) is 6.35. The van der Waals surface area contributed by atoms with Crippen molar-refractivity contribution in [1.29, 1.82) is 0 Å². The van der Waals surface area contributed by atoms with Crippen LogP contribution in [-0.2, 0) is 6.18 Å².